The van der Waals surface area contributed by atoms with Gasteiger partial charge in [0.1, 0.15) is 18.3 Å². The highest BCUT2D eigenvalue weighted by Crippen LogP contribution is 2.26. The zero-order valence-electron chi connectivity index (χ0n) is 24.6. The van der Waals surface area contributed by atoms with E-state index in [1.165, 1.54) is 24.1 Å². The summed E-state index contributed by atoms with van der Waals surface area (Å²) in [5, 5.41) is 2.95. The number of nitrogens with zero attached hydrogens (tertiary/aromatic N) is 2. The number of unbranched alkanes of at least 4 members (excludes halogenated alkanes) is 1. The lowest BCUT2D eigenvalue weighted by Gasteiger charge is -2.33. The summed E-state index contributed by atoms with van der Waals surface area (Å²) in [6.45, 7) is 7.97. The molecule has 41 heavy (non-hydrogen) atoms. The van der Waals surface area contributed by atoms with Gasteiger partial charge in [0, 0.05) is 13.1 Å². The van der Waals surface area contributed by atoms with Gasteiger partial charge in [0.2, 0.25) is 11.8 Å². The summed E-state index contributed by atoms with van der Waals surface area (Å²) in [7, 11) is -2.64. The molecule has 0 heterocycles. The van der Waals surface area contributed by atoms with E-state index in [0.29, 0.717) is 24.4 Å². The third kappa shape index (κ3) is 8.10. The Morgan fingerprint density at radius 1 is 0.927 bits per heavy atom. The number of methoxy groups -OCH3 is 1. The lowest BCUT2D eigenvalue weighted by Crippen LogP contribution is -2.52. The lowest BCUT2D eigenvalue weighted by molar-refractivity contribution is -0.140. The Hall–Kier alpha value is -3.85. The number of ether oxygens (including phenoxy) is 1. The van der Waals surface area contributed by atoms with E-state index in [-0.39, 0.29) is 17.3 Å². The van der Waals surface area contributed by atoms with Crippen molar-refractivity contribution in [3.8, 4) is 5.75 Å². The monoisotopic (exact) mass is 579 g/mol. The van der Waals surface area contributed by atoms with Gasteiger partial charge in [-0.1, -0.05) is 62.2 Å². The molecule has 0 fully saturated rings. The van der Waals surface area contributed by atoms with E-state index in [4.69, 9.17) is 4.74 Å². The quantitative estimate of drug-likeness (QED) is 0.264. The molecule has 0 aliphatic rings. The molecule has 220 valence electrons. The zero-order valence-corrected chi connectivity index (χ0v) is 25.4. The predicted molar refractivity (Wildman–Crippen MR) is 162 cm³/mol. The summed E-state index contributed by atoms with van der Waals surface area (Å²) >= 11 is 0. The number of hydrogen-bond donors (Lipinski definition) is 1. The number of aryl methyl sites for hydroxylation is 2. The first-order valence-electron chi connectivity index (χ1n) is 14.0. The Labute approximate surface area is 244 Å². The summed E-state index contributed by atoms with van der Waals surface area (Å²) in [4.78, 5) is 29.0. The van der Waals surface area contributed by atoms with Crippen LogP contribution < -0.4 is 14.4 Å². The van der Waals surface area contributed by atoms with Gasteiger partial charge in [-0.25, -0.2) is 8.42 Å². The molecule has 0 aliphatic carbocycles. The lowest BCUT2D eigenvalue weighted by atomic mass is 10.1. The van der Waals surface area contributed by atoms with Crippen molar-refractivity contribution in [1.29, 1.82) is 0 Å². The van der Waals surface area contributed by atoms with Crippen LogP contribution in [0.15, 0.2) is 77.7 Å². The van der Waals surface area contributed by atoms with Crippen molar-refractivity contribution in [2.24, 2.45) is 0 Å². The van der Waals surface area contributed by atoms with Gasteiger partial charge < -0.3 is 15.0 Å². The minimum absolute atomic E-state index is 0.0291. The first-order valence-corrected chi connectivity index (χ1v) is 15.4. The molecule has 8 nitrogen and oxygen atoms in total. The van der Waals surface area contributed by atoms with Gasteiger partial charge in [-0.2, -0.15) is 0 Å². The molecule has 0 bridgehead atoms. The van der Waals surface area contributed by atoms with Crippen LogP contribution in [-0.4, -0.2) is 51.4 Å². The Bertz CT molecular complexity index is 1410. The van der Waals surface area contributed by atoms with Crippen molar-refractivity contribution < 1.29 is 22.7 Å². The average molecular weight is 580 g/mol. The maximum atomic E-state index is 14.1. The maximum absolute atomic E-state index is 14.1. The topological polar surface area (TPSA) is 96.0 Å². The summed E-state index contributed by atoms with van der Waals surface area (Å²) in [6.07, 6.45) is 2.14. The number of benzene rings is 3. The standard InChI is InChI=1S/C32H41N3O5S/c1-6-8-21-33-32(37)30(7-2)34(22-26-12-10-9-11-25(26)4)31(36)23-35(27-15-13-24(3)14-16-27)41(38,39)29-19-17-28(40-5)18-20-29/h9-20,30H,6-8,21-23H2,1-5H3,(H,33,37)/t30-/m0/s1. The first kappa shape index (κ1) is 31.7. The fourth-order valence-electron chi connectivity index (χ4n) is 4.51. The Morgan fingerprint density at radius 2 is 1.59 bits per heavy atom. The van der Waals surface area contributed by atoms with Crippen molar-refractivity contribution in [2.45, 2.75) is 64.4 Å². The fraction of sp³-hybridized carbons (Fsp3) is 0.375. The number of nitrogens with one attached hydrogen (secondary N) is 1. The molecule has 3 aromatic carbocycles. The number of sulfonamides is 1. The number of hydrogen-bond acceptors (Lipinski definition) is 5. The molecule has 9 heteroatoms. The second-order valence-corrected chi connectivity index (χ2v) is 11.9. The molecule has 0 radical (unpaired) electrons. The van der Waals surface area contributed by atoms with Crippen LogP contribution in [0.3, 0.4) is 0 Å². The average Bonchev–Trinajstić information content (AvgIpc) is 2.97. The van der Waals surface area contributed by atoms with Crippen molar-refractivity contribution >= 4 is 27.5 Å². The molecule has 3 rings (SSSR count). The van der Waals surface area contributed by atoms with Crippen LogP contribution in [0, 0.1) is 13.8 Å². The molecule has 0 saturated heterocycles. The predicted octanol–water partition coefficient (Wildman–Crippen LogP) is 5.23. The number of amides is 2. The highest BCUT2D eigenvalue weighted by molar-refractivity contribution is 7.92. The molecule has 0 saturated carbocycles. The summed E-state index contributed by atoms with van der Waals surface area (Å²) in [5.41, 5.74) is 3.18. The molecule has 1 N–H and O–H groups in total. The smallest absolute Gasteiger partial charge is 0.264 e. The maximum Gasteiger partial charge on any atom is 0.264 e. The molecule has 0 aromatic heterocycles. The van der Waals surface area contributed by atoms with E-state index in [1.54, 1.807) is 36.4 Å². The SMILES string of the molecule is CCCCNC(=O)[C@H](CC)N(Cc1ccccc1C)C(=O)CN(c1ccc(C)cc1)S(=O)(=O)c1ccc(OC)cc1. The highest BCUT2D eigenvalue weighted by atomic mass is 32.2. The van der Waals surface area contributed by atoms with Gasteiger partial charge in [0.05, 0.1) is 17.7 Å². The number of anilines is 1. The van der Waals surface area contributed by atoms with Gasteiger partial charge in [-0.05, 0) is 74.2 Å². The third-order valence-electron chi connectivity index (χ3n) is 7.07. The van der Waals surface area contributed by atoms with Crippen LogP contribution in [0.5, 0.6) is 5.75 Å². The number of carbonyl (C=O) groups excluding carboxylic acids is 2. The molecule has 0 unspecified atom stereocenters. The molecule has 2 amide bonds. The van der Waals surface area contributed by atoms with Crippen LogP contribution in [0.25, 0.3) is 0 Å². The molecular weight excluding hydrogens is 538 g/mol. The first-order chi connectivity index (χ1) is 19.6. The van der Waals surface area contributed by atoms with E-state index in [9.17, 15) is 18.0 Å². The van der Waals surface area contributed by atoms with Crippen LogP contribution in [0.1, 0.15) is 49.8 Å². The summed E-state index contributed by atoms with van der Waals surface area (Å²) in [5.74, 6) is -0.197. The minimum Gasteiger partial charge on any atom is -0.497 e. The molecule has 1 atom stereocenters. The van der Waals surface area contributed by atoms with Crippen LogP contribution in [0.2, 0.25) is 0 Å². The fourth-order valence-corrected chi connectivity index (χ4v) is 5.93. The normalized spacial score (nSPS) is 11.9. The van der Waals surface area contributed by atoms with Crippen LogP contribution >= 0.6 is 0 Å². The van der Waals surface area contributed by atoms with E-state index >= 15 is 0 Å². The van der Waals surface area contributed by atoms with Gasteiger partial charge in [-0.15, -0.1) is 0 Å². The van der Waals surface area contributed by atoms with Crippen molar-refractivity contribution in [3.05, 3.63) is 89.5 Å². The van der Waals surface area contributed by atoms with Crippen molar-refractivity contribution in [1.82, 2.24) is 10.2 Å². The number of rotatable bonds is 14. The number of carbonyl (C=O) groups is 2. The highest BCUT2D eigenvalue weighted by Gasteiger charge is 2.33. The molecule has 0 spiro atoms. The van der Waals surface area contributed by atoms with Gasteiger partial charge in [0.15, 0.2) is 0 Å². The second kappa shape index (κ2) is 14.7. The Morgan fingerprint density at radius 3 is 2.17 bits per heavy atom. The minimum atomic E-state index is -4.14. The Balaban J connectivity index is 2.04. The van der Waals surface area contributed by atoms with E-state index in [2.05, 4.69) is 5.32 Å². The van der Waals surface area contributed by atoms with E-state index in [1.807, 2.05) is 52.0 Å². The van der Waals surface area contributed by atoms with Gasteiger partial charge >= 0.3 is 0 Å². The van der Waals surface area contributed by atoms with Crippen LogP contribution in [0.4, 0.5) is 5.69 Å². The van der Waals surface area contributed by atoms with Gasteiger partial charge in [-0.3, -0.25) is 13.9 Å². The summed E-state index contributed by atoms with van der Waals surface area (Å²) in [6, 6.07) is 19.9. The van der Waals surface area contributed by atoms with Gasteiger partial charge in [0.25, 0.3) is 10.0 Å². The molecular formula is C32H41N3O5S. The van der Waals surface area contributed by atoms with E-state index in [0.717, 1.165) is 33.8 Å². The second-order valence-electron chi connectivity index (χ2n) is 10.0. The summed E-state index contributed by atoms with van der Waals surface area (Å²) < 4.78 is 34.2. The Kier molecular flexibility index (Phi) is 11.3. The van der Waals surface area contributed by atoms with Crippen LogP contribution in [-0.2, 0) is 26.2 Å². The van der Waals surface area contributed by atoms with E-state index < -0.39 is 28.5 Å². The van der Waals surface area contributed by atoms with Crippen molar-refractivity contribution in [3.63, 3.8) is 0 Å². The third-order valence-corrected chi connectivity index (χ3v) is 8.85. The zero-order chi connectivity index (χ0) is 30.0. The molecule has 3 aromatic rings. The molecule has 0 aliphatic heterocycles. The van der Waals surface area contributed by atoms with Crippen molar-refractivity contribution in [2.75, 3.05) is 24.5 Å². The largest absolute Gasteiger partial charge is 0.497 e.